The molecule has 0 spiro atoms. The highest BCUT2D eigenvalue weighted by atomic mass is 35.5. The lowest BCUT2D eigenvalue weighted by atomic mass is 9.82. The summed E-state index contributed by atoms with van der Waals surface area (Å²) >= 11 is 13.5. The Labute approximate surface area is 214 Å². The Morgan fingerprint density at radius 3 is 2.29 bits per heavy atom. The molecule has 0 saturated heterocycles. The summed E-state index contributed by atoms with van der Waals surface area (Å²) < 4.78 is 23.4. The maximum atomic E-state index is 12.7. The predicted octanol–water partition coefficient (Wildman–Crippen LogP) is 5.71. The number of aromatic nitrogens is 2. The van der Waals surface area contributed by atoms with Crippen molar-refractivity contribution in [2.24, 2.45) is 0 Å². The van der Waals surface area contributed by atoms with Gasteiger partial charge in [0.05, 0.1) is 44.5 Å². The fraction of sp³-hybridized carbons (Fsp3) is 0.385. The molecule has 0 saturated carbocycles. The van der Waals surface area contributed by atoms with E-state index in [1.54, 1.807) is 34.3 Å². The third-order valence-corrected chi connectivity index (χ3v) is 7.10. The Morgan fingerprint density at radius 1 is 1.06 bits per heavy atom. The van der Waals surface area contributed by atoms with Gasteiger partial charge in [-0.15, -0.1) is 0 Å². The van der Waals surface area contributed by atoms with Crippen LogP contribution < -0.4 is 14.2 Å². The fourth-order valence-electron chi connectivity index (χ4n) is 4.59. The van der Waals surface area contributed by atoms with Gasteiger partial charge in [0.1, 0.15) is 17.2 Å². The number of fused-ring (bicyclic) bond motifs is 1. The number of benzene rings is 2. The minimum Gasteiger partial charge on any atom is -0.497 e. The monoisotopic (exact) mass is 518 g/mol. The number of ether oxygens (including phenoxy) is 4. The van der Waals surface area contributed by atoms with E-state index in [9.17, 15) is 4.79 Å². The molecule has 9 heteroatoms. The van der Waals surface area contributed by atoms with Crippen LogP contribution in [0, 0.1) is 0 Å². The summed E-state index contributed by atoms with van der Waals surface area (Å²) in [5.74, 6) is 1.38. The van der Waals surface area contributed by atoms with Crippen molar-refractivity contribution in [3.8, 4) is 17.2 Å². The molecular formula is C26H28Cl2N2O5. The highest BCUT2D eigenvalue weighted by Gasteiger charge is 2.33. The number of carbonyl (C=O) groups is 1. The molecular weight excluding hydrogens is 491 g/mol. The summed E-state index contributed by atoms with van der Waals surface area (Å²) in [6.45, 7) is 2.58. The minimum atomic E-state index is -0.408. The molecule has 0 N–H and O–H groups in total. The van der Waals surface area contributed by atoms with Gasteiger partial charge in [-0.25, -0.2) is 4.79 Å². The van der Waals surface area contributed by atoms with Crippen LogP contribution in [0.1, 0.15) is 52.1 Å². The van der Waals surface area contributed by atoms with Crippen LogP contribution in [0.4, 0.5) is 0 Å². The van der Waals surface area contributed by atoms with Crippen molar-refractivity contribution in [1.82, 2.24) is 9.78 Å². The summed E-state index contributed by atoms with van der Waals surface area (Å²) in [4.78, 5) is 12.7. The predicted molar refractivity (Wildman–Crippen MR) is 135 cm³/mol. The van der Waals surface area contributed by atoms with Gasteiger partial charge in [0, 0.05) is 22.9 Å². The smallest absolute Gasteiger partial charge is 0.359 e. The van der Waals surface area contributed by atoms with E-state index in [1.165, 1.54) is 0 Å². The molecule has 4 rings (SSSR count). The van der Waals surface area contributed by atoms with Crippen molar-refractivity contribution in [3.63, 3.8) is 0 Å². The third kappa shape index (κ3) is 4.93. The molecule has 1 heterocycles. The number of methoxy groups -OCH3 is 3. The Hall–Kier alpha value is -2.90. The second-order valence-electron chi connectivity index (χ2n) is 8.26. The molecule has 1 unspecified atom stereocenters. The Morgan fingerprint density at radius 2 is 1.71 bits per heavy atom. The first-order chi connectivity index (χ1) is 16.9. The molecule has 0 aliphatic heterocycles. The van der Waals surface area contributed by atoms with Gasteiger partial charge in [0.15, 0.2) is 5.69 Å². The molecule has 1 aromatic heterocycles. The molecule has 186 valence electrons. The molecule has 1 aliphatic carbocycles. The Balaban J connectivity index is 1.75. The van der Waals surface area contributed by atoms with Gasteiger partial charge in [-0.1, -0.05) is 35.3 Å². The minimum absolute atomic E-state index is 0.00661. The number of rotatable bonds is 8. The highest BCUT2D eigenvalue weighted by molar-refractivity contribution is 6.38. The van der Waals surface area contributed by atoms with Crippen molar-refractivity contribution in [3.05, 3.63) is 68.5 Å². The van der Waals surface area contributed by atoms with Crippen LogP contribution in [0.2, 0.25) is 10.0 Å². The summed E-state index contributed by atoms with van der Waals surface area (Å²) in [7, 11) is 4.76. The number of nitrogens with zero attached hydrogens (tertiary/aromatic N) is 2. The van der Waals surface area contributed by atoms with Gasteiger partial charge < -0.3 is 18.9 Å². The SMILES string of the molecule is CCOC(=O)c1nn(Cc2ccc(OC)cc2)c2c1CCC(c1c(Cl)c(OC)cc(OC)c1Cl)C2. The normalized spacial score (nSPS) is 14.9. The van der Waals surface area contributed by atoms with Crippen LogP contribution in [-0.4, -0.2) is 43.7 Å². The standard InChI is InChI=1S/C26H28Cl2N2O5/c1-5-35-26(31)25-18-11-8-16(22-23(27)20(33-3)13-21(34-4)24(22)28)12-19(18)30(29-25)14-15-6-9-17(32-2)10-7-15/h6-7,9-10,13,16H,5,8,11-12,14H2,1-4H3. The molecule has 0 amide bonds. The molecule has 35 heavy (non-hydrogen) atoms. The number of esters is 1. The number of halogens is 2. The molecule has 0 fully saturated rings. The Kier molecular flexibility index (Phi) is 7.77. The van der Waals surface area contributed by atoms with Crippen molar-refractivity contribution >= 4 is 29.2 Å². The van der Waals surface area contributed by atoms with Gasteiger partial charge in [-0.3, -0.25) is 4.68 Å². The summed E-state index contributed by atoms with van der Waals surface area (Å²) in [6.07, 6.45) is 1.99. The van der Waals surface area contributed by atoms with E-state index in [-0.39, 0.29) is 12.5 Å². The van der Waals surface area contributed by atoms with Crippen LogP contribution in [0.15, 0.2) is 30.3 Å². The van der Waals surface area contributed by atoms with E-state index >= 15 is 0 Å². The lowest BCUT2D eigenvalue weighted by molar-refractivity contribution is 0.0517. The second kappa shape index (κ2) is 10.8. The molecule has 3 aromatic rings. The first kappa shape index (κ1) is 25.2. The molecule has 0 radical (unpaired) electrons. The van der Waals surface area contributed by atoms with Crippen LogP contribution in [0.3, 0.4) is 0 Å². The molecule has 7 nitrogen and oxygen atoms in total. The summed E-state index contributed by atoms with van der Waals surface area (Å²) in [5.41, 5.74) is 4.07. The zero-order valence-corrected chi connectivity index (χ0v) is 21.7. The zero-order valence-electron chi connectivity index (χ0n) is 20.2. The van der Waals surface area contributed by atoms with Gasteiger partial charge >= 0.3 is 5.97 Å². The van der Waals surface area contributed by atoms with Crippen LogP contribution in [0.25, 0.3) is 0 Å². The highest BCUT2D eigenvalue weighted by Crippen LogP contribution is 2.47. The maximum absolute atomic E-state index is 12.7. The van der Waals surface area contributed by atoms with Crippen LogP contribution >= 0.6 is 23.2 Å². The summed E-state index contributed by atoms with van der Waals surface area (Å²) in [5, 5.41) is 5.63. The van der Waals surface area contributed by atoms with Gasteiger partial charge in [-0.2, -0.15) is 5.10 Å². The van der Waals surface area contributed by atoms with E-state index in [0.717, 1.165) is 34.6 Å². The van der Waals surface area contributed by atoms with Crippen molar-refractivity contribution in [2.45, 2.75) is 38.6 Å². The maximum Gasteiger partial charge on any atom is 0.359 e. The molecule has 0 bridgehead atoms. The number of hydrogen-bond donors (Lipinski definition) is 0. The average Bonchev–Trinajstić information content (AvgIpc) is 3.22. The van der Waals surface area contributed by atoms with Gasteiger partial charge in [-0.05, 0) is 49.8 Å². The van der Waals surface area contributed by atoms with Crippen LogP contribution in [0.5, 0.6) is 17.2 Å². The lowest BCUT2D eigenvalue weighted by Crippen LogP contribution is -2.18. The zero-order chi connectivity index (χ0) is 25.1. The topological polar surface area (TPSA) is 71.8 Å². The van der Waals surface area contributed by atoms with E-state index < -0.39 is 5.97 Å². The Bertz CT molecular complexity index is 1200. The van der Waals surface area contributed by atoms with E-state index in [1.807, 2.05) is 28.9 Å². The number of carbonyl (C=O) groups excluding carboxylic acids is 1. The van der Waals surface area contributed by atoms with Crippen LogP contribution in [-0.2, 0) is 24.1 Å². The van der Waals surface area contributed by atoms with E-state index in [0.29, 0.717) is 46.6 Å². The molecule has 1 atom stereocenters. The van der Waals surface area contributed by atoms with Crippen molar-refractivity contribution < 1.29 is 23.7 Å². The van der Waals surface area contributed by atoms with E-state index in [4.69, 9.17) is 42.1 Å². The third-order valence-electron chi connectivity index (χ3n) is 6.33. The van der Waals surface area contributed by atoms with Crippen molar-refractivity contribution in [2.75, 3.05) is 27.9 Å². The fourth-order valence-corrected chi connectivity index (χ4v) is 5.40. The first-order valence-electron chi connectivity index (χ1n) is 11.4. The van der Waals surface area contributed by atoms with Crippen molar-refractivity contribution in [1.29, 1.82) is 0 Å². The van der Waals surface area contributed by atoms with Gasteiger partial charge in [0.25, 0.3) is 0 Å². The molecule has 1 aliphatic rings. The number of hydrogen-bond acceptors (Lipinski definition) is 6. The lowest BCUT2D eigenvalue weighted by Gasteiger charge is -2.27. The molecule has 2 aromatic carbocycles. The first-order valence-corrected chi connectivity index (χ1v) is 12.2. The van der Waals surface area contributed by atoms with Gasteiger partial charge in [0.2, 0.25) is 0 Å². The quantitative estimate of drug-likeness (QED) is 0.355. The average molecular weight is 519 g/mol. The van der Waals surface area contributed by atoms with E-state index in [2.05, 4.69) is 5.10 Å². The largest absolute Gasteiger partial charge is 0.497 e. The second-order valence-corrected chi connectivity index (χ2v) is 9.02. The summed E-state index contributed by atoms with van der Waals surface area (Å²) in [6, 6.07) is 9.47.